The third kappa shape index (κ3) is 3.45. The van der Waals surface area contributed by atoms with Crippen LogP contribution in [0, 0.1) is 6.92 Å². The first-order chi connectivity index (χ1) is 9.06. The van der Waals surface area contributed by atoms with E-state index >= 15 is 0 Å². The Kier molecular flexibility index (Phi) is 4.01. The average Bonchev–Trinajstić information content (AvgIpc) is 2.82. The predicted molar refractivity (Wildman–Crippen MR) is 77.1 cm³/mol. The van der Waals surface area contributed by atoms with Crippen molar-refractivity contribution in [1.29, 1.82) is 0 Å². The van der Waals surface area contributed by atoms with Crippen LogP contribution in [-0.2, 0) is 0 Å². The highest BCUT2D eigenvalue weighted by molar-refractivity contribution is 9.10. The van der Waals surface area contributed by atoms with Crippen molar-refractivity contribution in [2.45, 2.75) is 6.92 Å². The topological polar surface area (TPSA) is 69.8 Å². The van der Waals surface area contributed by atoms with E-state index in [4.69, 9.17) is 0 Å². The molecule has 2 aromatic rings. The molecule has 3 N–H and O–H groups in total. The fourth-order valence-corrected chi connectivity index (χ4v) is 1.88. The summed E-state index contributed by atoms with van der Waals surface area (Å²) < 4.78 is 0.946. The number of carbonyl (C=O) groups excluding carboxylic acids is 1. The zero-order valence-electron chi connectivity index (χ0n) is 10.3. The van der Waals surface area contributed by atoms with E-state index in [2.05, 4.69) is 43.6 Å². The van der Waals surface area contributed by atoms with Crippen LogP contribution in [-0.4, -0.2) is 16.1 Å². The number of benzene rings is 1. The molecule has 1 aromatic carbocycles. The Balaban J connectivity index is 1.95. The average molecular weight is 321 g/mol. The smallest absolute Gasteiger partial charge is 0.290 e. The molecule has 1 heterocycles. The minimum atomic E-state index is -0.319. The fraction of sp³-hybridized carbons (Fsp3) is 0.0769. The number of aromatic nitrogens is 2. The molecular formula is C13H13BrN4O. The van der Waals surface area contributed by atoms with Gasteiger partial charge in [0.2, 0.25) is 0 Å². The Morgan fingerprint density at radius 3 is 2.79 bits per heavy atom. The number of nitrogens with zero attached hydrogens (tertiary/aromatic N) is 1. The van der Waals surface area contributed by atoms with E-state index < -0.39 is 0 Å². The van der Waals surface area contributed by atoms with Gasteiger partial charge < -0.3 is 0 Å². The number of halogens is 1. The molecule has 2 rings (SSSR count). The standard InChI is InChI=1S/C13H13BrN4O/c1-8-6-12(17-15-8)13(19)18-16-9(2)10-4-3-5-11(14)7-10/h3-7,16H,2H2,1H3,(H,15,17)(H,18,19). The van der Waals surface area contributed by atoms with Crippen molar-refractivity contribution in [1.82, 2.24) is 21.0 Å². The number of hydrogen-bond acceptors (Lipinski definition) is 3. The maximum Gasteiger partial charge on any atom is 0.290 e. The van der Waals surface area contributed by atoms with Crippen LogP contribution in [0.15, 0.2) is 41.4 Å². The molecule has 0 unspecified atom stereocenters. The van der Waals surface area contributed by atoms with Crippen molar-refractivity contribution in [3.8, 4) is 0 Å². The maximum absolute atomic E-state index is 11.8. The summed E-state index contributed by atoms with van der Waals surface area (Å²) in [6.45, 7) is 5.69. The highest BCUT2D eigenvalue weighted by atomic mass is 79.9. The molecule has 0 atom stereocenters. The van der Waals surface area contributed by atoms with Crippen LogP contribution in [0.2, 0.25) is 0 Å². The lowest BCUT2D eigenvalue weighted by Crippen LogP contribution is -2.36. The molecule has 0 aliphatic rings. The summed E-state index contributed by atoms with van der Waals surface area (Å²) in [6, 6.07) is 9.27. The largest absolute Gasteiger partial charge is 0.298 e. The molecule has 0 fully saturated rings. The van der Waals surface area contributed by atoms with Gasteiger partial charge in [0, 0.05) is 10.2 Å². The first-order valence-corrected chi connectivity index (χ1v) is 6.39. The maximum atomic E-state index is 11.8. The fourth-order valence-electron chi connectivity index (χ4n) is 1.48. The second-order valence-electron chi connectivity index (χ2n) is 4.00. The van der Waals surface area contributed by atoms with Gasteiger partial charge in [-0.15, -0.1) is 0 Å². The molecule has 1 amide bonds. The molecule has 6 heteroatoms. The van der Waals surface area contributed by atoms with Crippen molar-refractivity contribution in [3.05, 3.63) is 58.3 Å². The predicted octanol–water partition coefficient (Wildman–Crippen LogP) is 2.39. The van der Waals surface area contributed by atoms with Gasteiger partial charge in [-0.3, -0.25) is 20.7 Å². The number of aryl methyl sites for hydroxylation is 1. The Bertz CT molecular complexity index is 621. The second-order valence-corrected chi connectivity index (χ2v) is 4.92. The molecule has 0 radical (unpaired) electrons. The normalized spacial score (nSPS) is 10.0. The minimum Gasteiger partial charge on any atom is -0.298 e. The Labute approximate surface area is 119 Å². The zero-order valence-corrected chi connectivity index (χ0v) is 11.9. The van der Waals surface area contributed by atoms with Gasteiger partial charge in [0.25, 0.3) is 5.91 Å². The van der Waals surface area contributed by atoms with E-state index in [-0.39, 0.29) is 5.91 Å². The molecule has 1 aromatic heterocycles. The van der Waals surface area contributed by atoms with Gasteiger partial charge in [-0.1, -0.05) is 34.6 Å². The zero-order chi connectivity index (χ0) is 13.8. The Hall–Kier alpha value is -2.08. The van der Waals surface area contributed by atoms with Crippen LogP contribution in [0.25, 0.3) is 5.70 Å². The number of amides is 1. The van der Waals surface area contributed by atoms with Crippen LogP contribution < -0.4 is 10.9 Å². The molecular weight excluding hydrogens is 308 g/mol. The summed E-state index contributed by atoms with van der Waals surface area (Å²) >= 11 is 3.38. The number of rotatable bonds is 4. The summed E-state index contributed by atoms with van der Waals surface area (Å²) in [5.74, 6) is -0.319. The van der Waals surface area contributed by atoms with E-state index in [1.165, 1.54) is 0 Å². The van der Waals surface area contributed by atoms with Crippen molar-refractivity contribution in [2.75, 3.05) is 0 Å². The van der Waals surface area contributed by atoms with E-state index in [1.54, 1.807) is 6.07 Å². The monoisotopic (exact) mass is 320 g/mol. The lowest BCUT2D eigenvalue weighted by Gasteiger charge is -2.10. The van der Waals surface area contributed by atoms with E-state index in [9.17, 15) is 4.79 Å². The number of nitrogens with one attached hydrogen (secondary N) is 3. The molecule has 19 heavy (non-hydrogen) atoms. The van der Waals surface area contributed by atoms with Gasteiger partial charge in [0.15, 0.2) is 5.69 Å². The quantitative estimate of drug-likeness (QED) is 0.757. The second kappa shape index (κ2) is 5.71. The molecule has 98 valence electrons. The van der Waals surface area contributed by atoms with Crippen LogP contribution >= 0.6 is 15.9 Å². The molecule has 0 aliphatic carbocycles. The molecule has 0 saturated heterocycles. The molecule has 5 nitrogen and oxygen atoms in total. The molecule has 0 spiro atoms. The number of hydrogen-bond donors (Lipinski definition) is 3. The summed E-state index contributed by atoms with van der Waals surface area (Å²) in [7, 11) is 0. The SMILES string of the molecule is C=C(NNC(=O)c1cc(C)[nH]n1)c1cccc(Br)c1. The summed E-state index contributed by atoms with van der Waals surface area (Å²) in [5, 5.41) is 6.58. The van der Waals surface area contributed by atoms with Gasteiger partial charge in [0.1, 0.15) is 0 Å². The van der Waals surface area contributed by atoms with Crippen molar-refractivity contribution in [2.24, 2.45) is 0 Å². The highest BCUT2D eigenvalue weighted by Crippen LogP contribution is 2.15. The summed E-state index contributed by atoms with van der Waals surface area (Å²) in [5.41, 5.74) is 7.95. The van der Waals surface area contributed by atoms with Crippen molar-refractivity contribution in [3.63, 3.8) is 0 Å². The Morgan fingerprint density at radius 1 is 1.37 bits per heavy atom. The van der Waals surface area contributed by atoms with E-state index in [1.807, 2.05) is 31.2 Å². The summed E-state index contributed by atoms with van der Waals surface area (Å²) in [4.78, 5) is 11.8. The summed E-state index contributed by atoms with van der Waals surface area (Å²) in [6.07, 6.45) is 0. The van der Waals surface area contributed by atoms with Gasteiger partial charge in [-0.25, -0.2) is 0 Å². The lowest BCUT2D eigenvalue weighted by atomic mass is 10.2. The van der Waals surface area contributed by atoms with E-state index in [0.717, 1.165) is 15.7 Å². The van der Waals surface area contributed by atoms with Crippen LogP contribution in [0.3, 0.4) is 0 Å². The van der Waals surface area contributed by atoms with Crippen molar-refractivity contribution < 1.29 is 4.79 Å². The number of hydrazine groups is 1. The first-order valence-electron chi connectivity index (χ1n) is 5.59. The van der Waals surface area contributed by atoms with Gasteiger partial charge >= 0.3 is 0 Å². The number of H-pyrrole nitrogens is 1. The van der Waals surface area contributed by atoms with E-state index in [0.29, 0.717) is 11.4 Å². The van der Waals surface area contributed by atoms with Gasteiger partial charge in [-0.2, -0.15) is 5.10 Å². The van der Waals surface area contributed by atoms with Crippen molar-refractivity contribution >= 4 is 27.5 Å². The molecule has 0 aliphatic heterocycles. The molecule has 0 saturated carbocycles. The van der Waals surface area contributed by atoms with Crippen LogP contribution in [0.1, 0.15) is 21.7 Å². The third-order valence-electron chi connectivity index (χ3n) is 2.44. The highest BCUT2D eigenvalue weighted by Gasteiger charge is 2.09. The molecule has 0 bridgehead atoms. The van der Waals surface area contributed by atoms with Gasteiger partial charge in [0.05, 0.1) is 5.70 Å². The Morgan fingerprint density at radius 2 is 2.16 bits per heavy atom. The first kappa shape index (κ1) is 13.4. The van der Waals surface area contributed by atoms with Gasteiger partial charge in [-0.05, 0) is 30.7 Å². The third-order valence-corrected chi connectivity index (χ3v) is 2.93. The van der Waals surface area contributed by atoms with Crippen LogP contribution in [0.4, 0.5) is 0 Å². The number of aromatic amines is 1. The number of carbonyl (C=O) groups is 1. The van der Waals surface area contributed by atoms with Crippen LogP contribution in [0.5, 0.6) is 0 Å². The minimum absolute atomic E-state index is 0.319. The lowest BCUT2D eigenvalue weighted by molar-refractivity contribution is 0.0937.